The first kappa shape index (κ1) is 10.6. The number of benzene rings is 1. The molecule has 1 aromatic rings. The van der Waals surface area contributed by atoms with Crippen molar-refractivity contribution in [2.45, 2.75) is 13.1 Å². The number of hydrogen-bond donors (Lipinski definition) is 1. The van der Waals surface area contributed by atoms with E-state index in [1.807, 2.05) is 0 Å². The topological polar surface area (TPSA) is 37.3 Å². The lowest BCUT2D eigenvalue weighted by atomic mass is 10.0. The maximum Gasteiger partial charge on any atom is 0.419 e. The molecule has 0 amide bonds. The van der Waals surface area contributed by atoms with Crippen LogP contribution in [0.15, 0.2) is 12.1 Å². The van der Waals surface area contributed by atoms with Gasteiger partial charge >= 0.3 is 6.18 Å². The summed E-state index contributed by atoms with van der Waals surface area (Å²) in [6, 6.07) is 1.89. The van der Waals surface area contributed by atoms with Crippen LogP contribution in [0.3, 0.4) is 0 Å². The van der Waals surface area contributed by atoms with Crippen LogP contribution >= 0.6 is 0 Å². The normalized spacial score (nSPS) is 11.4. The molecule has 0 bridgehead atoms. The van der Waals surface area contributed by atoms with Crippen LogP contribution in [0, 0.1) is 6.92 Å². The third-order valence-corrected chi connectivity index (χ3v) is 1.86. The molecular weight excluding hydrogens is 197 g/mol. The minimum atomic E-state index is -4.64. The van der Waals surface area contributed by atoms with Crippen LogP contribution in [0.25, 0.3) is 0 Å². The zero-order valence-corrected chi connectivity index (χ0v) is 7.22. The van der Waals surface area contributed by atoms with Gasteiger partial charge in [-0.25, -0.2) is 0 Å². The van der Waals surface area contributed by atoms with E-state index in [9.17, 15) is 18.0 Å². The molecule has 0 heterocycles. The second kappa shape index (κ2) is 3.32. The molecule has 0 saturated heterocycles. The number of hydrogen-bond acceptors (Lipinski definition) is 2. The van der Waals surface area contributed by atoms with Crippen molar-refractivity contribution in [1.82, 2.24) is 0 Å². The van der Waals surface area contributed by atoms with Crippen LogP contribution in [0.5, 0.6) is 5.75 Å². The zero-order valence-electron chi connectivity index (χ0n) is 7.22. The number of rotatable bonds is 1. The van der Waals surface area contributed by atoms with Gasteiger partial charge in [0.25, 0.3) is 0 Å². The van der Waals surface area contributed by atoms with E-state index in [0.717, 1.165) is 12.1 Å². The van der Waals surface area contributed by atoms with Crippen LogP contribution in [-0.4, -0.2) is 11.4 Å². The maximum atomic E-state index is 12.2. The van der Waals surface area contributed by atoms with Gasteiger partial charge < -0.3 is 5.11 Å². The molecule has 0 fully saturated rings. The lowest BCUT2D eigenvalue weighted by Crippen LogP contribution is -2.07. The van der Waals surface area contributed by atoms with Gasteiger partial charge in [0, 0.05) is 0 Å². The SMILES string of the molecule is Cc1ccc(C(F)(F)F)c(O)c1C=O. The van der Waals surface area contributed by atoms with E-state index in [4.69, 9.17) is 5.11 Å². The summed E-state index contributed by atoms with van der Waals surface area (Å²) in [6.07, 6.45) is -4.44. The Morgan fingerprint density at radius 1 is 1.36 bits per heavy atom. The van der Waals surface area contributed by atoms with Crippen LogP contribution in [0.2, 0.25) is 0 Å². The predicted molar refractivity (Wildman–Crippen MR) is 43.2 cm³/mol. The van der Waals surface area contributed by atoms with E-state index < -0.39 is 17.5 Å². The molecule has 1 rings (SSSR count). The molecular formula is C9H7F3O2. The monoisotopic (exact) mass is 204 g/mol. The number of halogens is 3. The lowest BCUT2D eigenvalue weighted by molar-refractivity contribution is -0.138. The Morgan fingerprint density at radius 2 is 1.93 bits per heavy atom. The smallest absolute Gasteiger partial charge is 0.419 e. The average molecular weight is 204 g/mol. The Bertz CT molecular complexity index is 369. The highest BCUT2D eigenvalue weighted by atomic mass is 19.4. The number of phenols is 1. The van der Waals surface area contributed by atoms with Gasteiger partial charge in [0.2, 0.25) is 0 Å². The Balaban J connectivity index is 3.43. The number of phenolic OH excluding ortho intramolecular Hbond substituents is 1. The molecule has 0 aliphatic rings. The first-order valence-corrected chi connectivity index (χ1v) is 3.73. The molecule has 0 aromatic heterocycles. The second-order valence-corrected chi connectivity index (χ2v) is 2.81. The van der Waals surface area contributed by atoms with Gasteiger partial charge in [-0.05, 0) is 18.6 Å². The number of aromatic hydroxyl groups is 1. The Morgan fingerprint density at radius 3 is 2.36 bits per heavy atom. The fourth-order valence-electron chi connectivity index (χ4n) is 1.09. The van der Waals surface area contributed by atoms with Crippen molar-refractivity contribution in [3.05, 3.63) is 28.8 Å². The average Bonchev–Trinajstić information content (AvgIpc) is 2.02. The van der Waals surface area contributed by atoms with Gasteiger partial charge in [-0.1, -0.05) is 6.07 Å². The summed E-state index contributed by atoms with van der Waals surface area (Å²) < 4.78 is 36.7. The van der Waals surface area contributed by atoms with Crippen LogP contribution in [0.4, 0.5) is 13.2 Å². The van der Waals surface area contributed by atoms with Crippen LogP contribution in [-0.2, 0) is 6.18 Å². The van der Waals surface area contributed by atoms with Crippen molar-refractivity contribution in [3.63, 3.8) is 0 Å². The molecule has 0 saturated carbocycles. The van der Waals surface area contributed by atoms with Crippen molar-refractivity contribution in [1.29, 1.82) is 0 Å². The number of carbonyl (C=O) groups excluding carboxylic acids is 1. The maximum absolute atomic E-state index is 12.2. The van der Waals surface area contributed by atoms with E-state index >= 15 is 0 Å². The standard InChI is InChI=1S/C9H7F3O2/c1-5-2-3-7(9(10,11)12)8(14)6(5)4-13/h2-4,14H,1H3. The van der Waals surface area contributed by atoms with Crippen molar-refractivity contribution in [3.8, 4) is 5.75 Å². The summed E-state index contributed by atoms with van der Waals surface area (Å²) in [4.78, 5) is 10.4. The van der Waals surface area contributed by atoms with E-state index in [1.165, 1.54) is 6.92 Å². The first-order chi connectivity index (χ1) is 6.38. The summed E-state index contributed by atoms with van der Waals surface area (Å²) in [5, 5.41) is 9.15. The molecule has 5 heteroatoms. The van der Waals surface area contributed by atoms with Gasteiger partial charge in [0.05, 0.1) is 11.1 Å². The summed E-state index contributed by atoms with van der Waals surface area (Å²) in [5.41, 5.74) is -1.20. The number of carbonyl (C=O) groups is 1. The highest BCUT2D eigenvalue weighted by molar-refractivity contribution is 5.82. The summed E-state index contributed by atoms with van der Waals surface area (Å²) in [7, 11) is 0. The van der Waals surface area contributed by atoms with Crippen molar-refractivity contribution >= 4 is 6.29 Å². The minimum Gasteiger partial charge on any atom is -0.507 e. The lowest BCUT2D eigenvalue weighted by Gasteiger charge is -2.11. The van der Waals surface area contributed by atoms with E-state index in [2.05, 4.69) is 0 Å². The third kappa shape index (κ3) is 1.71. The highest BCUT2D eigenvalue weighted by Crippen LogP contribution is 2.37. The molecule has 1 N–H and O–H groups in total. The van der Waals surface area contributed by atoms with Crippen LogP contribution in [0.1, 0.15) is 21.5 Å². The largest absolute Gasteiger partial charge is 0.507 e. The van der Waals surface area contributed by atoms with E-state index in [1.54, 1.807) is 0 Å². The minimum absolute atomic E-state index is 0.208. The third-order valence-electron chi connectivity index (χ3n) is 1.86. The van der Waals surface area contributed by atoms with Gasteiger partial charge in [0.1, 0.15) is 5.75 Å². The molecule has 0 aliphatic carbocycles. The summed E-state index contributed by atoms with van der Waals surface area (Å²) in [5.74, 6) is -1.01. The summed E-state index contributed by atoms with van der Waals surface area (Å²) >= 11 is 0. The van der Waals surface area contributed by atoms with Crippen molar-refractivity contribution in [2.24, 2.45) is 0 Å². The van der Waals surface area contributed by atoms with E-state index in [0.29, 0.717) is 5.56 Å². The van der Waals surface area contributed by atoms with E-state index in [-0.39, 0.29) is 11.8 Å². The molecule has 14 heavy (non-hydrogen) atoms. The Labute approximate surface area is 78.0 Å². The molecule has 2 nitrogen and oxygen atoms in total. The number of aldehydes is 1. The summed E-state index contributed by atoms with van der Waals surface area (Å²) in [6.45, 7) is 1.45. The fraction of sp³-hybridized carbons (Fsp3) is 0.222. The Kier molecular flexibility index (Phi) is 2.51. The zero-order chi connectivity index (χ0) is 10.9. The first-order valence-electron chi connectivity index (χ1n) is 3.73. The van der Waals surface area contributed by atoms with Gasteiger partial charge in [-0.3, -0.25) is 4.79 Å². The van der Waals surface area contributed by atoms with Gasteiger partial charge in [-0.15, -0.1) is 0 Å². The van der Waals surface area contributed by atoms with Gasteiger partial charge in [-0.2, -0.15) is 13.2 Å². The molecule has 0 unspecified atom stereocenters. The molecule has 0 radical (unpaired) electrons. The highest BCUT2D eigenvalue weighted by Gasteiger charge is 2.34. The Hall–Kier alpha value is -1.52. The molecule has 1 aromatic carbocycles. The van der Waals surface area contributed by atoms with Crippen molar-refractivity contribution < 1.29 is 23.1 Å². The number of aryl methyl sites for hydroxylation is 1. The molecule has 0 atom stereocenters. The predicted octanol–water partition coefficient (Wildman–Crippen LogP) is 2.53. The van der Waals surface area contributed by atoms with Crippen LogP contribution < -0.4 is 0 Å². The van der Waals surface area contributed by atoms with Gasteiger partial charge in [0.15, 0.2) is 6.29 Å². The number of alkyl halides is 3. The molecule has 0 spiro atoms. The fourth-order valence-corrected chi connectivity index (χ4v) is 1.09. The van der Waals surface area contributed by atoms with Crippen molar-refractivity contribution in [2.75, 3.05) is 0 Å². The molecule has 76 valence electrons. The second-order valence-electron chi connectivity index (χ2n) is 2.81. The quantitative estimate of drug-likeness (QED) is 0.713. The molecule has 0 aliphatic heterocycles.